The topological polar surface area (TPSA) is 84.9 Å². The normalized spacial score (nSPS) is 14.8. The molecule has 1 aliphatic heterocycles. The number of nitrogens with one attached hydrogen (secondary N) is 1. The molecule has 142 valence electrons. The number of likely N-dealkylation sites (tertiary alicyclic amines) is 1. The predicted molar refractivity (Wildman–Crippen MR) is 93.8 cm³/mol. The van der Waals surface area contributed by atoms with Crippen molar-refractivity contribution < 1.29 is 23.9 Å². The average Bonchev–Trinajstić information content (AvgIpc) is 2.62. The van der Waals surface area contributed by atoms with Gasteiger partial charge in [0.05, 0.1) is 6.42 Å². The molecule has 0 aromatic heterocycles. The van der Waals surface area contributed by atoms with Crippen LogP contribution in [0.15, 0.2) is 12.7 Å². The second-order valence-corrected chi connectivity index (χ2v) is 6.12. The first-order valence-electron chi connectivity index (χ1n) is 9.00. The fraction of sp³-hybridized carbons (Fsp3) is 0.722. The van der Waals surface area contributed by atoms with Crippen molar-refractivity contribution in [2.24, 2.45) is 5.92 Å². The molecule has 0 aliphatic carbocycles. The Hall–Kier alpha value is -1.89. The molecule has 1 aliphatic rings. The maximum atomic E-state index is 11.8. The zero-order valence-electron chi connectivity index (χ0n) is 15.1. The van der Waals surface area contributed by atoms with Gasteiger partial charge >= 0.3 is 11.9 Å². The van der Waals surface area contributed by atoms with E-state index in [1.807, 2.05) is 11.8 Å². The van der Waals surface area contributed by atoms with Gasteiger partial charge < -0.3 is 19.7 Å². The largest absolute Gasteiger partial charge is 0.462 e. The number of carbonyl (C=O) groups excluding carboxylic acids is 3. The zero-order valence-corrected chi connectivity index (χ0v) is 15.1. The molecular weight excluding hydrogens is 324 g/mol. The van der Waals surface area contributed by atoms with E-state index >= 15 is 0 Å². The molecule has 1 amide bonds. The monoisotopic (exact) mass is 354 g/mol. The number of piperidine rings is 1. The summed E-state index contributed by atoms with van der Waals surface area (Å²) in [5.74, 6) is -0.0438. The molecule has 7 nitrogen and oxygen atoms in total. The Bertz CT molecular complexity index is 445. The third-order valence-electron chi connectivity index (χ3n) is 4.13. The molecule has 0 saturated carbocycles. The second-order valence-electron chi connectivity index (χ2n) is 6.12. The van der Waals surface area contributed by atoms with Crippen LogP contribution in [-0.4, -0.2) is 62.1 Å². The summed E-state index contributed by atoms with van der Waals surface area (Å²) >= 11 is 0. The molecule has 0 unspecified atom stereocenters. The number of esters is 2. The molecule has 0 atom stereocenters. The standard InChI is InChI=1S/C18H30N2O5/c1-3-5-16(21)20-10-7-15(8-11-20)14-19-9-6-18(23)25-13-12-24-17(22)4-2/h4,15,19H,2-3,5-14H2,1H3. The summed E-state index contributed by atoms with van der Waals surface area (Å²) in [6.45, 7) is 8.46. The number of hydrogen-bond donors (Lipinski definition) is 1. The van der Waals surface area contributed by atoms with E-state index in [1.165, 1.54) is 0 Å². The van der Waals surface area contributed by atoms with Crippen molar-refractivity contribution in [2.75, 3.05) is 39.4 Å². The maximum Gasteiger partial charge on any atom is 0.330 e. The van der Waals surface area contributed by atoms with Gasteiger partial charge in [0.1, 0.15) is 13.2 Å². The summed E-state index contributed by atoms with van der Waals surface area (Å²) in [7, 11) is 0. The molecule has 7 heteroatoms. The van der Waals surface area contributed by atoms with Gasteiger partial charge in [-0.15, -0.1) is 0 Å². The first kappa shape index (κ1) is 21.2. The Morgan fingerprint density at radius 1 is 1.16 bits per heavy atom. The lowest BCUT2D eigenvalue weighted by Gasteiger charge is -2.32. The number of carbonyl (C=O) groups is 3. The maximum absolute atomic E-state index is 11.8. The van der Waals surface area contributed by atoms with Gasteiger partial charge in [-0.1, -0.05) is 13.5 Å². The first-order valence-corrected chi connectivity index (χ1v) is 9.00. The highest BCUT2D eigenvalue weighted by molar-refractivity contribution is 5.81. The minimum Gasteiger partial charge on any atom is -0.462 e. The Balaban J connectivity index is 2.01. The Morgan fingerprint density at radius 2 is 1.84 bits per heavy atom. The smallest absolute Gasteiger partial charge is 0.330 e. The van der Waals surface area contributed by atoms with E-state index in [0.29, 0.717) is 18.9 Å². The molecule has 0 bridgehead atoms. The minimum atomic E-state index is -0.528. The van der Waals surface area contributed by atoms with Gasteiger partial charge in [-0.05, 0) is 31.7 Å². The lowest BCUT2D eigenvalue weighted by molar-refractivity contribution is -0.149. The van der Waals surface area contributed by atoms with Gasteiger partial charge in [0, 0.05) is 32.1 Å². The molecule has 0 aromatic carbocycles. The highest BCUT2D eigenvalue weighted by Crippen LogP contribution is 2.17. The van der Waals surface area contributed by atoms with Crippen LogP contribution in [-0.2, 0) is 23.9 Å². The number of amides is 1. The molecule has 25 heavy (non-hydrogen) atoms. The fourth-order valence-corrected chi connectivity index (χ4v) is 2.68. The SMILES string of the molecule is C=CC(=O)OCCOC(=O)CCNCC1CCN(C(=O)CCC)CC1. The van der Waals surface area contributed by atoms with Crippen LogP contribution in [0.4, 0.5) is 0 Å². The van der Waals surface area contributed by atoms with Crippen LogP contribution in [0.2, 0.25) is 0 Å². The predicted octanol–water partition coefficient (Wildman–Crippen LogP) is 1.28. The summed E-state index contributed by atoms with van der Waals surface area (Å²) in [6, 6.07) is 0. The molecule has 1 rings (SSSR count). The van der Waals surface area contributed by atoms with E-state index in [-0.39, 0.29) is 31.5 Å². The van der Waals surface area contributed by atoms with Gasteiger partial charge in [0.25, 0.3) is 0 Å². The number of rotatable bonds is 11. The van der Waals surface area contributed by atoms with Crippen molar-refractivity contribution in [3.8, 4) is 0 Å². The molecule has 0 spiro atoms. The fourth-order valence-electron chi connectivity index (χ4n) is 2.68. The molecule has 0 aromatic rings. The van der Waals surface area contributed by atoms with E-state index in [4.69, 9.17) is 9.47 Å². The first-order chi connectivity index (χ1) is 12.1. The Kier molecular flexibility index (Phi) is 10.6. The summed E-state index contributed by atoms with van der Waals surface area (Å²) in [4.78, 5) is 36.1. The lowest BCUT2D eigenvalue weighted by Crippen LogP contribution is -2.40. The number of nitrogens with zero attached hydrogens (tertiary/aromatic N) is 1. The third-order valence-corrected chi connectivity index (χ3v) is 4.13. The molecule has 0 radical (unpaired) electrons. The van der Waals surface area contributed by atoms with E-state index in [2.05, 4.69) is 11.9 Å². The summed E-state index contributed by atoms with van der Waals surface area (Å²) in [6.07, 6.45) is 4.88. The van der Waals surface area contributed by atoms with E-state index in [9.17, 15) is 14.4 Å². The number of hydrogen-bond acceptors (Lipinski definition) is 6. The lowest BCUT2D eigenvalue weighted by atomic mass is 9.96. The van der Waals surface area contributed by atoms with Crippen molar-refractivity contribution in [3.63, 3.8) is 0 Å². The van der Waals surface area contributed by atoms with Crippen LogP contribution in [0, 0.1) is 5.92 Å². The van der Waals surface area contributed by atoms with Crippen LogP contribution < -0.4 is 5.32 Å². The van der Waals surface area contributed by atoms with Crippen LogP contribution in [0.3, 0.4) is 0 Å². The highest BCUT2D eigenvalue weighted by atomic mass is 16.6. The number of ether oxygens (including phenoxy) is 2. The van der Waals surface area contributed by atoms with Crippen molar-refractivity contribution in [1.82, 2.24) is 10.2 Å². The highest BCUT2D eigenvalue weighted by Gasteiger charge is 2.21. The summed E-state index contributed by atoms with van der Waals surface area (Å²) in [5, 5.41) is 3.27. The summed E-state index contributed by atoms with van der Waals surface area (Å²) < 4.78 is 9.67. The minimum absolute atomic E-state index is 0.0410. The van der Waals surface area contributed by atoms with Gasteiger partial charge in [-0.2, -0.15) is 0 Å². The van der Waals surface area contributed by atoms with E-state index < -0.39 is 5.97 Å². The van der Waals surface area contributed by atoms with E-state index in [0.717, 1.165) is 45.0 Å². The van der Waals surface area contributed by atoms with Crippen LogP contribution in [0.1, 0.15) is 39.0 Å². The van der Waals surface area contributed by atoms with Crippen molar-refractivity contribution in [2.45, 2.75) is 39.0 Å². The van der Waals surface area contributed by atoms with Crippen molar-refractivity contribution >= 4 is 17.8 Å². The molecular formula is C18H30N2O5. The Morgan fingerprint density at radius 3 is 2.48 bits per heavy atom. The molecule has 1 fully saturated rings. The van der Waals surface area contributed by atoms with Gasteiger partial charge in [-0.3, -0.25) is 9.59 Å². The average molecular weight is 354 g/mol. The Labute approximate surface area is 149 Å². The van der Waals surface area contributed by atoms with E-state index in [1.54, 1.807) is 0 Å². The molecule has 1 N–H and O–H groups in total. The van der Waals surface area contributed by atoms with Crippen molar-refractivity contribution in [1.29, 1.82) is 0 Å². The van der Waals surface area contributed by atoms with Crippen LogP contribution in [0.5, 0.6) is 0 Å². The van der Waals surface area contributed by atoms with Gasteiger partial charge in [0.2, 0.25) is 5.91 Å². The van der Waals surface area contributed by atoms with Crippen molar-refractivity contribution in [3.05, 3.63) is 12.7 Å². The summed E-state index contributed by atoms with van der Waals surface area (Å²) in [5.41, 5.74) is 0. The molecule has 1 heterocycles. The van der Waals surface area contributed by atoms with Gasteiger partial charge in [0.15, 0.2) is 0 Å². The van der Waals surface area contributed by atoms with Crippen LogP contribution >= 0.6 is 0 Å². The second kappa shape index (κ2) is 12.5. The zero-order chi connectivity index (χ0) is 18.5. The third kappa shape index (κ3) is 9.24. The quantitative estimate of drug-likeness (QED) is 0.342. The van der Waals surface area contributed by atoms with Crippen LogP contribution in [0.25, 0.3) is 0 Å². The van der Waals surface area contributed by atoms with Gasteiger partial charge in [-0.25, -0.2) is 4.79 Å². The molecule has 1 saturated heterocycles.